The summed E-state index contributed by atoms with van der Waals surface area (Å²) in [6, 6.07) is 8.36. The van der Waals surface area contributed by atoms with Crippen molar-refractivity contribution in [3.8, 4) is 0 Å². The number of hydrogen-bond donors (Lipinski definition) is 2. The Morgan fingerprint density at radius 2 is 1.75 bits per heavy atom. The Morgan fingerprint density at radius 3 is 2.30 bits per heavy atom. The SMILES string of the molecule is CCCc1ccc(NC(C)C(=O)NC(C)CCC)cc1. The van der Waals surface area contributed by atoms with Crippen LogP contribution in [0.4, 0.5) is 5.69 Å². The standard InChI is InChI=1S/C17H28N2O/c1-5-7-13(3)18-17(20)14(4)19-16-11-9-15(8-6-2)10-12-16/h9-14,19H,5-8H2,1-4H3,(H,18,20). The minimum absolute atomic E-state index is 0.0589. The topological polar surface area (TPSA) is 41.1 Å². The van der Waals surface area contributed by atoms with Gasteiger partial charge < -0.3 is 10.6 Å². The van der Waals surface area contributed by atoms with E-state index in [4.69, 9.17) is 0 Å². The van der Waals surface area contributed by atoms with Gasteiger partial charge in [0.1, 0.15) is 6.04 Å². The number of nitrogens with one attached hydrogen (secondary N) is 2. The molecule has 0 radical (unpaired) electrons. The van der Waals surface area contributed by atoms with Gasteiger partial charge in [-0.2, -0.15) is 0 Å². The first-order valence-electron chi connectivity index (χ1n) is 7.72. The van der Waals surface area contributed by atoms with Crippen LogP contribution in [0.25, 0.3) is 0 Å². The first-order valence-corrected chi connectivity index (χ1v) is 7.72. The second-order valence-corrected chi connectivity index (χ2v) is 5.51. The van der Waals surface area contributed by atoms with E-state index in [1.165, 1.54) is 5.56 Å². The highest BCUT2D eigenvalue weighted by atomic mass is 16.2. The Bertz CT molecular complexity index is 400. The molecular formula is C17H28N2O. The summed E-state index contributed by atoms with van der Waals surface area (Å²) >= 11 is 0. The summed E-state index contributed by atoms with van der Waals surface area (Å²) in [6.45, 7) is 8.25. The zero-order chi connectivity index (χ0) is 15.0. The monoisotopic (exact) mass is 276 g/mol. The van der Waals surface area contributed by atoms with Gasteiger partial charge in [0.15, 0.2) is 0 Å². The number of hydrogen-bond acceptors (Lipinski definition) is 2. The van der Waals surface area contributed by atoms with Crippen LogP contribution in [0.5, 0.6) is 0 Å². The lowest BCUT2D eigenvalue weighted by atomic mass is 10.1. The number of amides is 1. The smallest absolute Gasteiger partial charge is 0.242 e. The highest BCUT2D eigenvalue weighted by molar-refractivity contribution is 5.84. The van der Waals surface area contributed by atoms with Crippen LogP contribution in [0.1, 0.15) is 52.5 Å². The van der Waals surface area contributed by atoms with Crippen LogP contribution in [-0.4, -0.2) is 18.0 Å². The summed E-state index contributed by atoms with van der Waals surface area (Å²) in [5.41, 5.74) is 2.34. The molecule has 1 aromatic rings. The molecule has 3 heteroatoms. The molecule has 0 aliphatic rings. The fraction of sp³-hybridized carbons (Fsp3) is 0.588. The van der Waals surface area contributed by atoms with E-state index in [0.29, 0.717) is 0 Å². The number of anilines is 1. The first kappa shape index (κ1) is 16.5. The molecule has 0 fully saturated rings. The maximum Gasteiger partial charge on any atom is 0.242 e. The quantitative estimate of drug-likeness (QED) is 0.759. The van der Waals surface area contributed by atoms with Crippen molar-refractivity contribution >= 4 is 11.6 Å². The molecule has 0 saturated carbocycles. The molecule has 1 aromatic carbocycles. The van der Waals surface area contributed by atoms with E-state index in [1.54, 1.807) is 0 Å². The Morgan fingerprint density at radius 1 is 1.10 bits per heavy atom. The molecule has 2 N–H and O–H groups in total. The molecule has 0 aliphatic carbocycles. The second-order valence-electron chi connectivity index (χ2n) is 5.51. The lowest BCUT2D eigenvalue weighted by Crippen LogP contribution is -2.42. The van der Waals surface area contributed by atoms with Crippen LogP contribution in [0.15, 0.2) is 24.3 Å². The van der Waals surface area contributed by atoms with Gasteiger partial charge in [-0.1, -0.05) is 38.8 Å². The van der Waals surface area contributed by atoms with Gasteiger partial charge in [-0.3, -0.25) is 4.79 Å². The average Bonchev–Trinajstić information content (AvgIpc) is 2.41. The molecule has 20 heavy (non-hydrogen) atoms. The summed E-state index contributed by atoms with van der Waals surface area (Å²) < 4.78 is 0. The third-order valence-corrected chi connectivity index (χ3v) is 3.38. The fourth-order valence-electron chi connectivity index (χ4n) is 2.24. The Labute approximate surface area is 123 Å². The molecule has 0 heterocycles. The predicted molar refractivity (Wildman–Crippen MR) is 86.0 cm³/mol. The van der Waals surface area contributed by atoms with Gasteiger partial charge in [0.2, 0.25) is 5.91 Å². The number of carbonyl (C=O) groups excluding carboxylic acids is 1. The van der Waals surface area contributed by atoms with Crippen molar-refractivity contribution in [3.05, 3.63) is 29.8 Å². The van der Waals surface area contributed by atoms with Crippen LogP contribution >= 0.6 is 0 Å². The lowest BCUT2D eigenvalue weighted by Gasteiger charge is -2.19. The molecule has 2 atom stereocenters. The summed E-state index contributed by atoms with van der Waals surface area (Å²) in [5, 5.41) is 6.28. The van der Waals surface area contributed by atoms with E-state index >= 15 is 0 Å². The van der Waals surface area contributed by atoms with Crippen molar-refractivity contribution < 1.29 is 4.79 Å². The van der Waals surface area contributed by atoms with E-state index in [9.17, 15) is 4.79 Å². The second kappa shape index (κ2) is 8.62. The number of rotatable bonds is 8. The van der Waals surface area contributed by atoms with Gasteiger partial charge in [0.25, 0.3) is 0 Å². The van der Waals surface area contributed by atoms with E-state index in [-0.39, 0.29) is 18.0 Å². The molecule has 112 valence electrons. The van der Waals surface area contributed by atoms with Crippen molar-refractivity contribution in [2.24, 2.45) is 0 Å². The van der Waals surface area contributed by atoms with Gasteiger partial charge in [0.05, 0.1) is 0 Å². The van der Waals surface area contributed by atoms with Crippen molar-refractivity contribution in [1.29, 1.82) is 0 Å². The highest BCUT2D eigenvalue weighted by Crippen LogP contribution is 2.12. The number of aryl methyl sites for hydroxylation is 1. The lowest BCUT2D eigenvalue weighted by molar-refractivity contribution is -0.122. The van der Waals surface area contributed by atoms with Crippen LogP contribution < -0.4 is 10.6 Å². The van der Waals surface area contributed by atoms with E-state index < -0.39 is 0 Å². The maximum atomic E-state index is 12.0. The van der Waals surface area contributed by atoms with Crippen molar-refractivity contribution in [2.45, 2.75) is 65.5 Å². The third-order valence-electron chi connectivity index (χ3n) is 3.38. The maximum absolute atomic E-state index is 12.0. The zero-order valence-electron chi connectivity index (χ0n) is 13.2. The molecule has 0 aromatic heterocycles. The zero-order valence-corrected chi connectivity index (χ0v) is 13.2. The molecular weight excluding hydrogens is 248 g/mol. The molecule has 1 amide bonds. The minimum atomic E-state index is -0.216. The summed E-state index contributed by atoms with van der Waals surface area (Å²) in [7, 11) is 0. The number of carbonyl (C=O) groups is 1. The normalized spacial score (nSPS) is 13.6. The molecule has 0 bridgehead atoms. The van der Waals surface area contributed by atoms with Crippen molar-refractivity contribution in [2.75, 3.05) is 5.32 Å². The number of benzene rings is 1. The summed E-state index contributed by atoms with van der Waals surface area (Å²) in [4.78, 5) is 12.0. The largest absolute Gasteiger partial charge is 0.374 e. The van der Waals surface area contributed by atoms with Gasteiger partial charge >= 0.3 is 0 Å². The van der Waals surface area contributed by atoms with E-state index in [2.05, 4.69) is 36.6 Å². The van der Waals surface area contributed by atoms with Crippen molar-refractivity contribution in [3.63, 3.8) is 0 Å². The first-order chi connectivity index (χ1) is 9.56. The molecule has 2 unspecified atom stereocenters. The van der Waals surface area contributed by atoms with Crippen LogP contribution in [0, 0.1) is 0 Å². The van der Waals surface area contributed by atoms with Crippen LogP contribution in [0.2, 0.25) is 0 Å². The van der Waals surface area contributed by atoms with Crippen LogP contribution in [0.3, 0.4) is 0 Å². The minimum Gasteiger partial charge on any atom is -0.374 e. The van der Waals surface area contributed by atoms with Gasteiger partial charge in [-0.25, -0.2) is 0 Å². The van der Waals surface area contributed by atoms with E-state index in [0.717, 1.165) is 31.4 Å². The Kier molecular flexibility index (Phi) is 7.13. The molecule has 1 rings (SSSR count). The van der Waals surface area contributed by atoms with Crippen LogP contribution in [-0.2, 0) is 11.2 Å². The molecule has 3 nitrogen and oxygen atoms in total. The highest BCUT2D eigenvalue weighted by Gasteiger charge is 2.14. The fourth-order valence-corrected chi connectivity index (χ4v) is 2.24. The van der Waals surface area contributed by atoms with Gasteiger partial charge in [-0.15, -0.1) is 0 Å². The third kappa shape index (κ3) is 5.64. The van der Waals surface area contributed by atoms with Gasteiger partial charge in [-0.05, 0) is 44.4 Å². The molecule has 0 spiro atoms. The molecule has 0 aliphatic heterocycles. The Balaban J connectivity index is 2.48. The average molecular weight is 276 g/mol. The van der Waals surface area contributed by atoms with E-state index in [1.807, 2.05) is 26.0 Å². The molecule has 0 saturated heterocycles. The summed E-state index contributed by atoms with van der Waals surface area (Å²) in [5.74, 6) is 0.0589. The predicted octanol–water partition coefficient (Wildman–Crippen LogP) is 3.74. The van der Waals surface area contributed by atoms with Crippen molar-refractivity contribution in [1.82, 2.24) is 5.32 Å². The Hall–Kier alpha value is -1.51. The van der Waals surface area contributed by atoms with Gasteiger partial charge in [0, 0.05) is 11.7 Å². The summed E-state index contributed by atoms with van der Waals surface area (Å²) in [6.07, 6.45) is 4.36.